The Morgan fingerprint density at radius 2 is 1.82 bits per heavy atom. The van der Waals surface area contributed by atoms with Crippen LogP contribution in [-0.2, 0) is 35.1 Å². The topological polar surface area (TPSA) is 124 Å². The van der Waals surface area contributed by atoms with Gasteiger partial charge in [0.25, 0.3) is 5.56 Å². The zero-order chi connectivity index (χ0) is 28.5. The summed E-state index contributed by atoms with van der Waals surface area (Å²) in [5.41, 5.74) is 0.160. The minimum absolute atomic E-state index is 0.0345. The van der Waals surface area contributed by atoms with Crippen LogP contribution in [0.2, 0.25) is 0 Å². The molecule has 0 radical (unpaired) electrons. The first kappa shape index (κ1) is 27.4. The van der Waals surface area contributed by atoms with Crippen molar-refractivity contribution in [3.05, 3.63) is 34.2 Å². The number of likely N-dealkylation sites (tertiary alicyclic amines) is 1. The maximum atomic E-state index is 13.4. The van der Waals surface area contributed by atoms with E-state index in [1.54, 1.807) is 6.07 Å². The number of esters is 3. The first-order valence-electron chi connectivity index (χ1n) is 14.6. The Labute approximate surface area is 233 Å². The normalized spacial score (nSPS) is 42.2. The number of hydrogen-bond donors (Lipinski definition) is 1. The van der Waals surface area contributed by atoms with Gasteiger partial charge in [0.15, 0.2) is 0 Å². The number of fused-ring (bicyclic) bond motifs is 6. The number of pyridine rings is 1. The molecule has 5 aliphatic rings. The van der Waals surface area contributed by atoms with Gasteiger partial charge in [0.2, 0.25) is 0 Å². The van der Waals surface area contributed by atoms with E-state index < -0.39 is 53.6 Å². The van der Waals surface area contributed by atoms with E-state index >= 15 is 0 Å². The third kappa shape index (κ3) is 4.38. The molecule has 0 spiro atoms. The highest BCUT2D eigenvalue weighted by molar-refractivity contribution is 5.76. The second kappa shape index (κ2) is 9.98. The molecule has 4 fully saturated rings. The summed E-state index contributed by atoms with van der Waals surface area (Å²) in [6.45, 7) is 9.30. The molecule has 10 nitrogen and oxygen atoms in total. The van der Waals surface area contributed by atoms with Crippen LogP contribution in [0.4, 0.5) is 0 Å². The van der Waals surface area contributed by atoms with Crippen LogP contribution in [0.1, 0.15) is 58.6 Å². The smallest absolute Gasteiger partial charge is 0.311 e. The Morgan fingerprint density at radius 1 is 1.07 bits per heavy atom. The Balaban J connectivity index is 1.29. The molecule has 2 aliphatic carbocycles. The van der Waals surface area contributed by atoms with E-state index in [4.69, 9.17) is 14.2 Å². The number of carbonyl (C=O) groups is 3. The van der Waals surface area contributed by atoms with E-state index in [0.29, 0.717) is 31.8 Å². The lowest BCUT2D eigenvalue weighted by Crippen LogP contribution is -2.53. The number of aliphatic hydroxyl groups excluding tert-OH is 1. The Bertz CT molecular complexity index is 1260. The van der Waals surface area contributed by atoms with Gasteiger partial charge in [-0.2, -0.15) is 0 Å². The molecule has 2 saturated carbocycles. The predicted molar refractivity (Wildman–Crippen MR) is 142 cm³/mol. The fourth-order valence-corrected chi connectivity index (χ4v) is 9.21. The molecule has 1 aromatic rings. The molecule has 1 N–H and O–H groups in total. The third-order valence-corrected chi connectivity index (χ3v) is 10.6. The first-order valence-corrected chi connectivity index (χ1v) is 14.6. The number of aliphatic hydroxyl groups is 1. The fourth-order valence-electron chi connectivity index (χ4n) is 9.21. The minimum Gasteiger partial charge on any atom is -0.462 e. The van der Waals surface area contributed by atoms with Crippen LogP contribution in [-0.4, -0.2) is 76.5 Å². The lowest BCUT2D eigenvalue weighted by atomic mass is 9.66. The summed E-state index contributed by atoms with van der Waals surface area (Å²) in [4.78, 5) is 52.2. The van der Waals surface area contributed by atoms with Crippen LogP contribution < -0.4 is 5.56 Å². The van der Waals surface area contributed by atoms with E-state index in [9.17, 15) is 24.3 Å². The van der Waals surface area contributed by atoms with E-state index in [-0.39, 0.29) is 29.3 Å². The molecule has 3 unspecified atom stereocenters. The SMILES string of the molecule is CC(=O)O[C@H]1C[C@H](OC(C)=O)[C@]2(C)C1C(C)C[C@@H]1OC(=O)C(CN3C[C@H]4C[C@@H](C3)c3cccc(=O)n3C4)[C@H]1[C@@H]2O. The van der Waals surface area contributed by atoms with Gasteiger partial charge in [-0.3, -0.25) is 19.2 Å². The molecule has 218 valence electrons. The number of ether oxygens (including phenoxy) is 3. The van der Waals surface area contributed by atoms with Crippen molar-refractivity contribution in [1.82, 2.24) is 9.47 Å². The number of rotatable bonds is 4. The minimum atomic E-state index is -1.00. The van der Waals surface area contributed by atoms with Crippen LogP contribution >= 0.6 is 0 Å². The largest absolute Gasteiger partial charge is 0.462 e. The lowest BCUT2D eigenvalue weighted by molar-refractivity contribution is -0.165. The number of nitrogens with zero attached hydrogens (tertiary/aromatic N) is 2. The summed E-state index contributed by atoms with van der Waals surface area (Å²) < 4.78 is 19.3. The van der Waals surface area contributed by atoms with Crippen molar-refractivity contribution in [2.24, 2.45) is 35.0 Å². The molecule has 6 rings (SSSR count). The van der Waals surface area contributed by atoms with E-state index in [0.717, 1.165) is 25.2 Å². The highest BCUT2D eigenvalue weighted by atomic mass is 16.6. The van der Waals surface area contributed by atoms with Gasteiger partial charge >= 0.3 is 17.9 Å². The van der Waals surface area contributed by atoms with E-state index in [1.165, 1.54) is 13.8 Å². The molecular weight excluding hydrogens is 516 g/mol. The lowest BCUT2D eigenvalue weighted by Gasteiger charge is -2.45. The molecule has 0 aromatic carbocycles. The van der Waals surface area contributed by atoms with Crippen LogP contribution in [0.25, 0.3) is 0 Å². The highest BCUT2D eigenvalue weighted by Crippen LogP contribution is 2.59. The molecule has 2 bridgehead atoms. The van der Waals surface area contributed by atoms with Gasteiger partial charge in [0.1, 0.15) is 18.3 Å². The van der Waals surface area contributed by atoms with Gasteiger partial charge in [-0.1, -0.05) is 19.9 Å². The summed E-state index contributed by atoms with van der Waals surface area (Å²) in [5.74, 6) is -1.96. The van der Waals surface area contributed by atoms with Gasteiger partial charge in [-0.05, 0) is 30.7 Å². The summed E-state index contributed by atoms with van der Waals surface area (Å²) in [7, 11) is 0. The van der Waals surface area contributed by atoms with Crippen LogP contribution in [0, 0.1) is 35.0 Å². The van der Waals surface area contributed by atoms with Gasteiger partial charge < -0.3 is 28.8 Å². The third-order valence-electron chi connectivity index (χ3n) is 10.6. The molecule has 4 heterocycles. The average molecular weight is 557 g/mol. The summed E-state index contributed by atoms with van der Waals surface area (Å²) in [6, 6.07) is 5.45. The zero-order valence-electron chi connectivity index (χ0n) is 23.7. The molecule has 2 saturated heterocycles. The molecule has 0 amide bonds. The Morgan fingerprint density at radius 3 is 2.55 bits per heavy atom. The Hall–Kier alpha value is -2.72. The highest BCUT2D eigenvalue weighted by Gasteiger charge is 2.67. The quantitative estimate of drug-likeness (QED) is 0.436. The average Bonchev–Trinajstić information content (AvgIpc) is 3.28. The monoisotopic (exact) mass is 556 g/mol. The first-order chi connectivity index (χ1) is 19.0. The summed E-state index contributed by atoms with van der Waals surface area (Å²) >= 11 is 0. The van der Waals surface area contributed by atoms with Crippen molar-refractivity contribution in [3.8, 4) is 0 Å². The standard InChI is InChI=1S/C30H40N2O8/c1-15-8-22-26(28(36)30(4)24(39-17(3)34)10-23(27(15)30)38-16(2)33)20(29(37)40-22)14-31-11-18-9-19(13-31)21-6-5-7-25(35)32(21)12-18/h5-7,15,18-20,22-24,26-28,36H,8-14H2,1-4H3/t15?,18-,19+,20?,22+,23+,24+,26-,27?,28+,30-/m1/s1. The van der Waals surface area contributed by atoms with Crippen LogP contribution in [0.3, 0.4) is 0 Å². The van der Waals surface area contributed by atoms with Gasteiger partial charge in [-0.15, -0.1) is 0 Å². The summed E-state index contributed by atoms with van der Waals surface area (Å²) in [5, 5.41) is 12.2. The number of aromatic nitrogens is 1. The van der Waals surface area contributed by atoms with Gasteiger partial charge in [0.05, 0.1) is 12.0 Å². The Kier molecular flexibility index (Phi) is 6.85. The van der Waals surface area contributed by atoms with Crippen molar-refractivity contribution in [3.63, 3.8) is 0 Å². The van der Waals surface area contributed by atoms with Crippen molar-refractivity contribution in [2.75, 3.05) is 19.6 Å². The number of hydrogen-bond acceptors (Lipinski definition) is 9. The maximum Gasteiger partial charge on any atom is 0.311 e. The predicted octanol–water partition coefficient (Wildman–Crippen LogP) is 1.72. The molecule has 10 heteroatoms. The van der Waals surface area contributed by atoms with Crippen molar-refractivity contribution < 1.29 is 33.7 Å². The molecule has 3 aliphatic heterocycles. The second-order valence-corrected chi connectivity index (χ2v) is 13.1. The molecular formula is C30H40N2O8. The fraction of sp³-hybridized carbons (Fsp3) is 0.733. The van der Waals surface area contributed by atoms with Gasteiger partial charge in [0, 0.05) is 81.4 Å². The molecule has 40 heavy (non-hydrogen) atoms. The number of carbonyl (C=O) groups excluding carboxylic acids is 3. The molecule has 1 aromatic heterocycles. The second-order valence-electron chi connectivity index (χ2n) is 13.1. The zero-order valence-corrected chi connectivity index (χ0v) is 23.7. The molecule has 11 atom stereocenters. The van der Waals surface area contributed by atoms with Gasteiger partial charge in [-0.25, -0.2) is 0 Å². The maximum absolute atomic E-state index is 13.4. The van der Waals surface area contributed by atoms with Crippen molar-refractivity contribution in [2.45, 2.75) is 83.8 Å². The van der Waals surface area contributed by atoms with Crippen molar-refractivity contribution >= 4 is 17.9 Å². The van der Waals surface area contributed by atoms with Crippen molar-refractivity contribution in [1.29, 1.82) is 0 Å². The summed E-state index contributed by atoms with van der Waals surface area (Å²) in [6.07, 6.45) is -0.765. The van der Waals surface area contributed by atoms with E-state index in [1.807, 2.05) is 30.5 Å². The van der Waals surface area contributed by atoms with E-state index in [2.05, 4.69) is 4.90 Å². The van der Waals surface area contributed by atoms with Crippen LogP contribution in [0.5, 0.6) is 0 Å². The number of piperidine rings is 1. The van der Waals surface area contributed by atoms with Crippen LogP contribution in [0.15, 0.2) is 23.0 Å².